The number of carbonyl (C=O) groups excluding carboxylic acids is 2. The Morgan fingerprint density at radius 1 is 1.21 bits per heavy atom. The lowest BCUT2D eigenvalue weighted by atomic mass is 9.97. The maximum Gasteiger partial charge on any atom is 0.245 e. The van der Waals surface area contributed by atoms with Gasteiger partial charge in [-0.05, 0) is 30.4 Å². The van der Waals surface area contributed by atoms with Gasteiger partial charge in [-0.25, -0.2) is 0 Å². The molecule has 2 fully saturated rings. The summed E-state index contributed by atoms with van der Waals surface area (Å²) in [5.41, 5.74) is 2.55. The molecule has 5 nitrogen and oxygen atoms in total. The van der Waals surface area contributed by atoms with Crippen molar-refractivity contribution in [2.45, 2.75) is 45.8 Å². The van der Waals surface area contributed by atoms with Crippen molar-refractivity contribution in [2.24, 2.45) is 5.92 Å². The Balaban J connectivity index is 1.67. The topological polar surface area (TPSA) is 52.6 Å². The molecule has 5 heteroatoms. The Hall–Kier alpha value is -1.88. The molecule has 0 unspecified atom stereocenters. The van der Waals surface area contributed by atoms with Gasteiger partial charge in [-0.3, -0.25) is 14.5 Å². The van der Waals surface area contributed by atoms with Gasteiger partial charge in [-0.15, -0.1) is 0 Å². The summed E-state index contributed by atoms with van der Waals surface area (Å²) in [6.45, 7) is 9.15. The molecule has 0 saturated carbocycles. The van der Waals surface area contributed by atoms with Crippen molar-refractivity contribution in [3.63, 3.8) is 0 Å². The molecule has 0 radical (unpaired) electrons. The third kappa shape index (κ3) is 3.46. The van der Waals surface area contributed by atoms with Gasteiger partial charge in [0, 0.05) is 26.2 Å². The molecule has 0 spiro atoms. The van der Waals surface area contributed by atoms with Crippen LogP contribution in [0.4, 0.5) is 0 Å². The minimum absolute atomic E-state index is 0.00488. The molecule has 0 aliphatic carbocycles. The number of hydrogen-bond donors (Lipinski definition) is 1. The maximum absolute atomic E-state index is 12.7. The molecule has 2 aliphatic heterocycles. The van der Waals surface area contributed by atoms with Crippen molar-refractivity contribution in [2.75, 3.05) is 19.6 Å². The van der Waals surface area contributed by atoms with E-state index in [1.54, 1.807) is 4.90 Å². The van der Waals surface area contributed by atoms with E-state index in [9.17, 15) is 9.59 Å². The van der Waals surface area contributed by atoms with Gasteiger partial charge in [0.15, 0.2) is 0 Å². The number of rotatable bonds is 4. The standard InChI is InChI=1S/C19H27N3O2/c1-13(2)10-16-19(24)22-9-8-21(12-17(22)18(23)20-16)11-15-7-5-4-6-14(15)3/h4-7,13,16-17H,8-12H2,1-3H3,(H,20,23)/t16-,17-/m1/s1. The Bertz CT molecular complexity index is 629. The van der Waals surface area contributed by atoms with Gasteiger partial charge >= 0.3 is 0 Å². The van der Waals surface area contributed by atoms with E-state index in [2.05, 4.69) is 43.1 Å². The van der Waals surface area contributed by atoms with Crippen molar-refractivity contribution in [3.8, 4) is 0 Å². The molecule has 24 heavy (non-hydrogen) atoms. The Kier molecular flexibility index (Phi) is 4.90. The quantitative estimate of drug-likeness (QED) is 0.912. The van der Waals surface area contributed by atoms with Crippen molar-refractivity contribution in [1.29, 1.82) is 0 Å². The van der Waals surface area contributed by atoms with Crippen LogP contribution in [0.15, 0.2) is 24.3 Å². The van der Waals surface area contributed by atoms with Crippen molar-refractivity contribution in [1.82, 2.24) is 15.1 Å². The zero-order valence-electron chi connectivity index (χ0n) is 14.8. The number of carbonyl (C=O) groups is 2. The van der Waals surface area contributed by atoms with Gasteiger partial charge < -0.3 is 10.2 Å². The molecule has 1 N–H and O–H groups in total. The Morgan fingerprint density at radius 2 is 1.96 bits per heavy atom. The van der Waals surface area contributed by atoms with E-state index in [0.717, 1.165) is 13.1 Å². The van der Waals surface area contributed by atoms with Crippen LogP contribution in [0.25, 0.3) is 0 Å². The highest BCUT2D eigenvalue weighted by molar-refractivity contribution is 5.97. The molecule has 2 atom stereocenters. The Labute approximate surface area is 144 Å². The largest absolute Gasteiger partial charge is 0.342 e. The zero-order chi connectivity index (χ0) is 17.3. The fourth-order valence-corrected chi connectivity index (χ4v) is 3.66. The second kappa shape index (κ2) is 6.93. The van der Waals surface area contributed by atoms with Gasteiger partial charge in [0.25, 0.3) is 0 Å². The zero-order valence-corrected chi connectivity index (χ0v) is 14.8. The fourth-order valence-electron chi connectivity index (χ4n) is 3.66. The van der Waals surface area contributed by atoms with Gasteiger partial charge in [-0.1, -0.05) is 38.1 Å². The van der Waals surface area contributed by atoms with Crippen LogP contribution in [-0.4, -0.2) is 53.3 Å². The first-order valence-corrected chi connectivity index (χ1v) is 8.83. The summed E-state index contributed by atoms with van der Waals surface area (Å²) in [5.74, 6) is 0.469. The predicted molar refractivity (Wildman–Crippen MR) is 93.3 cm³/mol. The minimum atomic E-state index is -0.350. The van der Waals surface area contributed by atoms with Crippen LogP contribution >= 0.6 is 0 Å². The normalized spacial score (nSPS) is 24.9. The third-order valence-corrected chi connectivity index (χ3v) is 5.03. The number of fused-ring (bicyclic) bond motifs is 1. The van der Waals surface area contributed by atoms with Crippen LogP contribution in [0.3, 0.4) is 0 Å². The molecule has 2 amide bonds. The van der Waals surface area contributed by atoms with E-state index >= 15 is 0 Å². The average Bonchev–Trinajstić information content (AvgIpc) is 2.54. The van der Waals surface area contributed by atoms with Crippen LogP contribution in [0.1, 0.15) is 31.4 Å². The van der Waals surface area contributed by atoms with Crippen molar-refractivity contribution >= 4 is 11.8 Å². The molecule has 0 bridgehead atoms. The first-order valence-electron chi connectivity index (χ1n) is 8.83. The highest BCUT2D eigenvalue weighted by atomic mass is 16.2. The van der Waals surface area contributed by atoms with Crippen molar-refractivity contribution < 1.29 is 9.59 Å². The molecule has 2 heterocycles. The molecule has 2 saturated heterocycles. The summed E-state index contributed by atoms with van der Waals surface area (Å²) in [5, 5.41) is 2.94. The molecule has 0 aromatic heterocycles. The molecule has 1 aromatic rings. The summed E-state index contributed by atoms with van der Waals surface area (Å²) in [6, 6.07) is 7.63. The smallest absolute Gasteiger partial charge is 0.245 e. The molecule has 1 aromatic carbocycles. The van der Waals surface area contributed by atoms with E-state index in [-0.39, 0.29) is 23.9 Å². The number of nitrogens with zero attached hydrogens (tertiary/aromatic N) is 2. The first-order chi connectivity index (χ1) is 11.5. The lowest BCUT2D eigenvalue weighted by Gasteiger charge is -2.45. The second-order valence-electron chi connectivity index (χ2n) is 7.40. The number of amides is 2. The maximum atomic E-state index is 12.7. The number of piperazine rings is 2. The van der Waals surface area contributed by atoms with E-state index in [1.165, 1.54) is 11.1 Å². The highest BCUT2D eigenvalue weighted by Crippen LogP contribution is 2.21. The van der Waals surface area contributed by atoms with Gasteiger partial charge in [0.05, 0.1) is 0 Å². The van der Waals surface area contributed by atoms with E-state index in [0.29, 0.717) is 25.4 Å². The lowest BCUT2D eigenvalue weighted by molar-refractivity contribution is -0.153. The predicted octanol–water partition coefficient (Wildman–Crippen LogP) is 1.55. The highest BCUT2D eigenvalue weighted by Gasteiger charge is 2.43. The third-order valence-electron chi connectivity index (χ3n) is 5.03. The van der Waals surface area contributed by atoms with Crippen molar-refractivity contribution in [3.05, 3.63) is 35.4 Å². The van der Waals surface area contributed by atoms with Crippen LogP contribution in [-0.2, 0) is 16.1 Å². The fraction of sp³-hybridized carbons (Fsp3) is 0.579. The number of nitrogens with one attached hydrogen (secondary N) is 1. The van der Waals surface area contributed by atoms with Gasteiger partial charge in [-0.2, -0.15) is 0 Å². The number of benzene rings is 1. The van der Waals surface area contributed by atoms with E-state index in [4.69, 9.17) is 0 Å². The van der Waals surface area contributed by atoms with Crippen LogP contribution in [0, 0.1) is 12.8 Å². The molecular weight excluding hydrogens is 302 g/mol. The summed E-state index contributed by atoms with van der Waals surface area (Å²) < 4.78 is 0. The number of aryl methyl sites for hydroxylation is 1. The SMILES string of the molecule is Cc1ccccc1CN1CCN2C(=O)[C@@H](CC(C)C)NC(=O)[C@H]2C1. The van der Waals surface area contributed by atoms with Crippen LogP contribution < -0.4 is 5.32 Å². The lowest BCUT2D eigenvalue weighted by Crippen LogP contribution is -2.69. The summed E-state index contributed by atoms with van der Waals surface area (Å²) >= 11 is 0. The van der Waals surface area contributed by atoms with E-state index in [1.807, 2.05) is 12.1 Å². The first kappa shape index (κ1) is 17.0. The average molecular weight is 329 g/mol. The van der Waals surface area contributed by atoms with E-state index < -0.39 is 0 Å². The van der Waals surface area contributed by atoms with Crippen LogP contribution in [0.2, 0.25) is 0 Å². The summed E-state index contributed by atoms with van der Waals surface area (Å²) in [7, 11) is 0. The minimum Gasteiger partial charge on any atom is -0.342 e. The summed E-state index contributed by atoms with van der Waals surface area (Å²) in [6.07, 6.45) is 0.709. The number of hydrogen-bond acceptors (Lipinski definition) is 3. The molecular formula is C19H27N3O2. The molecule has 2 aliphatic rings. The second-order valence-corrected chi connectivity index (χ2v) is 7.40. The Morgan fingerprint density at radius 3 is 2.67 bits per heavy atom. The van der Waals surface area contributed by atoms with Crippen LogP contribution in [0.5, 0.6) is 0 Å². The van der Waals surface area contributed by atoms with Gasteiger partial charge in [0.1, 0.15) is 12.1 Å². The molecule has 130 valence electrons. The van der Waals surface area contributed by atoms with Gasteiger partial charge in [0.2, 0.25) is 11.8 Å². The monoisotopic (exact) mass is 329 g/mol. The molecule has 3 rings (SSSR count). The summed E-state index contributed by atoms with van der Waals surface area (Å²) in [4.78, 5) is 29.2.